The van der Waals surface area contributed by atoms with E-state index in [1.807, 2.05) is 39.2 Å². The van der Waals surface area contributed by atoms with Crippen LogP contribution in [-0.4, -0.2) is 30.8 Å². The predicted molar refractivity (Wildman–Crippen MR) is 79.4 cm³/mol. The molecule has 2 N–H and O–H groups in total. The van der Waals surface area contributed by atoms with Gasteiger partial charge in [0, 0.05) is 25.1 Å². The Morgan fingerprint density at radius 2 is 2.00 bits per heavy atom. The number of hydrogen-bond donors (Lipinski definition) is 2. The van der Waals surface area contributed by atoms with Crippen LogP contribution in [0.2, 0.25) is 0 Å². The van der Waals surface area contributed by atoms with Gasteiger partial charge in [0.2, 0.25) is 0 Å². The first-order valence-corrected chi connectivity index (χ1v) is 6.59. The number of likely N-dealkylation sites (N-methyl/N-ethyl adjacent to an activating group) is 1. The van der Waals surface area contributed by atoms with E-state index in [1.54, 1.807) is 10.6 Å². The third-order valence-electron chi connectivity index (χ3n) is 2.94. The van der Waals surface area contributed by atoms with E-state index >= 15 is 0 Å². The molecule has 1 aromatic rings. The molecule has 0 aliphatic rings. The molecule has 5 nitrogen and oxygen atoms in total. The van der Waals surface area contributed by atoms with Crippen LogP contribution in [0.25, 0.3) is 0 Å². The summed E-state index contributed by atoms with van der Waals surface area (Å²) in [5.74, 6) is -0.0607. The number of carbonyl (C=O) groups is 2. The minimum absolute atomic E-state index is 0. The minimum Gasteiger partial charge on any atom is -0.345 e. The molecule has 1 atom stereocenters. The van der Waals surface area contributed by atoms with E-state index in [0.29, 0.717) is 25.2 Å². The molecule has 0 radical (unpaired) electrons. The van der Waals surface area contributed by atoms with Crippen LogP contribution in [-0.2, 0) is 11.8 Å². The Balaban J connectivity index is 0.00000361. The van der Waals surface area contributed by atoms with Crippen LogP contribution in [0.1, 0.15) is 38.2 Å². The van der Waals surface area contributed by atoms with Crippen LogP contribution in [0.15, 0.2) is 24.4 Å². The summed E-state index contributed by atoms with van der Waals surface area (Å²) >= 11 is 0. The van der Waals surface area contributed by atoms with Crippen molar-refractivity contribution in [2.24, 2.45) is 7.05 Å². The topological polar surface area (TPSA) is 62.1 Å². The highest BCUT2D eigenvalue weighted by Crippen LogP contribution is 1.93. The van der Waals surface area contributed by atoms with Crippen molar-refractivity contribution in [3.05, 3.63) is 30.1 Å². The van der Waals surface area contributed by atoms with Gasteiger partial charge in [0.05, 0.1) is 6.04 Å². The Hall–Kier alpha value is -1.75. The molecule has 0 saturated carbocycles. The van der Waals surface area contributed by atoms with Crippen molar-refractivity contribution in [1.82, 2.24) is 10.6 Å². The van der Waals surface area contributed by atoms with Crippen LogP contribution >= 0.6 is 0 Å². The smallest absolute Gasteiger partial charge is 0.316 e. The van der Waals surface area contributed by atoms with Gasteiger partial charge in [-0.25, -0.2) is 0 Å². The molecule has 0 saturated heterocycles. The lowest BCUT2D eigenvalue weighted by atomic mass is 10.1. The molecule has 0 bridgehead atoms. The molecule has 1 rings (SSSR count). The minimum atomic E-state index is -0.312. The molecule has 0 aromatic carbocycles. The number of hydrogen-bond acceptors (Lipinski definition) is 3. The van der Waals surface area contributed by atoms with Crippen molar-refractivity contribution in [2.45, 2.75) is 33.7 Å². The summed E-state index contributed by atoms with van der Waals surface area (Å²) in [6.45, 7) is 4.78. The highest BCUT2D eigenvalue weighted by atomic mass is 16.2. The third kappa shape index (κ3) is 5.09. The summed E-state index contributed by atoms with van der Waals surface area (Å²) in [6.07, 6.45) is 2.28. The first kappa shape index (κ1) is 18.2. The Kier molecular flexibility index (Phi) is 8.40. The van der Waals surface area contributed by atoms with Gasteiger partial charge in [-0.15, -0.1) is 0 Å². The molecular weight excluding hydrogens is 254 g/mol. The van der Waals surface area contributed by atoms with Crippen LogP contribution in [0, 0.1) is 0 Å². The van der Waals surface area contributed by atoms with Crippen molar-refractivity contribution >= 4 is 11.7 Å². The zero-order valence-corrected chi connectivity index (χ0v) is 11.8. The number of amides is 1. The lowest BCUT2D eigenvalue weighted by molar-refractivity contribution is -0.673. The first-order chi connectivity index (χ1) is 9.10. The molecule has 20 heavy (non-hydrogen) atoms. The largest absolute Gasteiger partial charge is 0.345 e. The van der Waals surface area contributed by atoms with Gasteiger partial charge in [0.25, 0.3) is 5.69 Å². The Bertz CT molecular complexity index is 446. The highest BCUT2D eigenvalue weighted by Gasteiger charge is 2.20. The van der Waals surface area contributed by atoms with E-state index in [1.165, 1.54) is 0 Å². The van der Waals surface area contributed by atoms with Crippen LogP contribution in [0.4, 0.5) is 0 Å². The molecular formula is C15H26N3O2+. The van der Waals surface area contributed by atoms with E-state index < -0.39 is 0 Å². The summed E-state index contributed by atoms with van der Waals surface area (Å²) in [7, 11) is 1.81. The lowest BCUT2D eigenvalue weighted by Gasteiger charge is -2.16. The fourth-order valence-corrected chi connectivity index (χ4v) is 1.84. The molecule has 0 aliphatic carbocycles. The van der Waals surface area contributed by atoms with Crippen molar-refractivity contribution in [3.63, 3.8) is 0 Å². The van der Waals surface area contributed by atoms with Gasteiger partial charge in [-0.05, 0) is 12.6 Å². The summed E-state index contributed by atoms with van der Waals surface area (Å²) in [5.41, 5.74) is 0.571. The Morgan fingerprint density at radius 3 is 2.55 bits per heavy atom. The molecule has 1 heterocycles. The molecule has 0 aliphatic heterocycles. The molecule has 0 fully saturated rings. The number of pyridine rings is 1. The van der Waals surface area contributed by atoms with E-state index in [2.05, 4.69) is 10.6 Å². The number of aromatic nitrogens is 1. The van der Waals surface area contributed by atoms with Gasteiger partial charge in [0.1, 0.15) is 7.05 Å². The zero-order valence-electron chi connectivity index (χ0n) is 11.8. The molecule has 1 amide bonds. The third-order valence-corrected chi connectivity index (χ3v) is 2.94. The predicted octanol–water partition coefficient (Wildman–Crippen LogP) is 0.834. The molecule has 5 heteroatoms. The summed E-state index contributed by atoms with van der Waals surface area (Å²) in [4.78, 5) is 23.7. The van der Waals surface area contributed by atoms with Crippen molar-refractivity contribution in [3.8, 4) is 0 Å². The maximum Gasteiger partial charge on any atom is 0.316 e. The quantitative estimate of drug-likeness (QED) is 0.727. The van der Waals surface area contributed by atoms with Crippen LogP contribution in [0.5, 0.6) is 0 Å². The second-order valence-electron chi connectivity index (χ2n) is 4.34. The van der Waals surface area contributed by atoms with Gasteiger partial charge >= 0.3 is 5.91 Å². The number of aryl methyl sites for hydroxylation is 1. The number of nitrogens with zero attached hydrogens (tertiary/aromatic N) is 1. The Morgan fingerprint density at radius 1 is 1.30 bits per heavy atom. The summed E-state index contributed by atoms with van der Waals surface area (Å²) < 4.78 is 1.75. The van der Waals surface area contributed by atoms with Gasteiger partial charge in [-0.3, -0.25) is 9.59 Å². The number of carbonyl (C=O) groups excluding carboxylic acids is 2. The van der Waals surface area contributed by atoms with Gasteiger partial charge in [-0.1, -0.05) is 21.3 Å². The normalized spacial score (nSPS) is 11.3. The monoisotopic (exact) mass is 280 g/mol. The second kappa shape index (κ2) is 9.20. The second-order valence-corrected chi connectivity index (χ2v) is 4.34. The molecule has 0 unspecified atom stereocenters. The fraction of sp³-hybridized carbons (Fsp3) is 0.533. The SMILES string of the molecule is C.CCN[C@@H](CNC(=O)c1cccc[n+]1C)C(=O)CC. The van der Waals surface area contributed by atoms with E-state index in [4.69, 9.17) is 0 Å². The van der Waals surface area contributed by atoms with Gasteiger partial charge in [-0.2, -0.15) is 4.57 Å². The van der Waals surface area contributed by atoms with Crippen LogP contribution < -0.4 is 15.2 Å². The standard InChI is InChI=1S/C14H21N3O2.CH4/c1-4-13(18)11(15-5-2)10-16-14(19)12-8-6-7-9-17(12)3;/h6-9,11,15H,4-5,10H2,1-3H3;1H4/p+1/t11-;/m0./s1. The maximum absolute atomic E-state index is 12.0. The number of Topliss-reactive ketones (excluding diaryl/α,β-unsaturated/α-hetero) is 1. The first-order valence-electron chi connectivity index (χ1n) is 6.59. The molecule has 112 valence electrons. The summed E-state index contributed by atoms with van der Waals surface area (Å²) in [6, 6.07) is 5.11. The number of nitrogens with one attached hydrogen (secondary N) is 2. The van der Waals surface area contributed by atoms with Crippen LogP contribution in [0.3, 0.4) is 0 Å². The fourth-order valence-electron chi connectivity index (χ4n) is 1.84. The van der Waals surface area contributed by atoms with Crippen molar-refractivity contribution < 1.29 is 14.2 Å². The Labute approximate surface area is 121 Å². The van der Waals surface area contributed by atoms with Crippen molar-refractivity contribution in [2.75, 3.05) is 13.1 Å². The van der Waals surface area contributed by atoms with E-state index in [9.17, 15) is 9.59 Å². The zero-order chi connectivity index (χ0) is 14.3. The van der Waals surface area contributed by atoms with Gasteiger partial charge < -0.3 is 10.6 Å². The number of rotatable bonds is 7. The highest BCUT2D eigenvalue weighted by molar-refractivity contribution is 5.91. The average molecular weight is 280 g/mol. The van der Waals surface area contributed by atoms with Crippen molar-refractivity contribution in [1.29, 1.82) is 0 Å². The molecule has 1 aromatic heterocycles. The van der Waals surface area contributed by atoms with Gasteiger partial charge in [0.15, 0.2) is 12.0 Å². The maximum atomic E-state index is 12.0. The number of ketones is 1. The molecule has 0 spiro atoms. The lowest BCUT2D eigenvalue weighted by Crippen LogP contribution is -2.48. The van der Waals surface area contributed by atoms with E-state index in [-0.39, 0.29) is 25.2 Å². The average Bonchev–Trinajstić information content (AvgIpc) is 2.42. The summed E-state index contributed by atoms with van der Waals surface area (Å²) in [5, 5.41) is 5.88. The van der Waals surface area contributed by atoms with E-state index in [0.717, 1.165) is 0 Å².